The Labute approximate surface area is 339 Å². The average Bonchev–Trinajstić information content (AvgIpc) is 3.04. The number of hydrogen-bond donors (Lipinski definition) is 1. The summed E-state index contributed by atoms with van der Waals surface area (Å²) in [6, 6.07) is 0. The smallest absolute Gasteiger partial charge is 0.550 e. The van der Waals surface area contributed by atoms with Crippen molar-refractivity contribution in [2.45, 2.75) is 243 Å². The van der Waals surface area contributed by atoms with Crippen LogP contribution in [0.25, 0.3) is 0 Å². The van der Waals surface area contributed by atoms with Crippen LogP contribution in [0.5, 0.6) is 0 Å². The van der Waals surface area contributed by atoms with Crippen molar-refractivity contribution >= 4 is 22.1 Å². The van der Waals surface area contributed by atoms with E-state index in [2.05, 4.69) is 13.8 Å². The van der Waals surface area contributed by atoms with Gasteiger partial charge in [-0.2, -0.15) is 8.42 Å². The first-order valence-electron chi connectivity index (χ1n) is 21.0. The molecular weight excluding hydrogens is 650 g/mol. The molecule has 292 valence electrons. The van der Waals surface area contributed by atoms with Gasteiger partial charge in [-0.3, -0.25) is 4.55 Å². The third-order valence-electron chi connectivity index (χ3n) is 10.7. The summed E-state index contributed by atoms with van der Waals surface area (Å²) in [6.45, 7) is 4.49. The summed E-state index contributed by atoms with van der Waals surface area (Å²) in [6.07, 6.45) is 35.9. The molecule has 0 bridgehead atoms. The molecule has 0 saturated heterocycles. The van der Waals surface area contributed by atoms with Gasteiger partial charge in [0.2, 0.25) is 0 Å². The summed E-state index contributed by atoms with van der Waals surface area (Å²) in [4.78, 5) is 24.0. The van der Waals surface area contributed by atoms with Crippen molar-refractivity contribution in [1.29, 1.82) is 0 Å². The van der Waals surface area contributed by atoms with Gasteiger partial charge >= 0.3 is 37.7 Å². The predicted molar refractivity (Wildman–Crippen MR) is 201 cm³/mol. The van der Waals surface area contributed by atoms with E-state index in [1.165, 1.54) is 135 Å². The van der Waals surface area contributed by atoms with Crippen molar-refractivity contribution in [1.82, 2.24) is 0 Å². The summed E-state index contributed by atoms with van der Waals surface area (Å²) in [7, 11) is -5.12. The van der Waals surface area contributed by atoms with E-state index in [4.69, 9.17) is 0 Å². The molecule has 7 nitrogen and oxygen atoms in total. The molecule has 0 aromatic carbocycles. The van der Waals surface area contributed by atoms with Crippen LogP contribution in [0.1, 0.15) is 239 Å². The zero-order valence-electron chi connectivity index (χ0n) is 34.1. The second-order valence-electron chi connectivity index (χ2n) is 15.1. The van der Waals surface area contributed by atoms with Gasteiger partial charge in [-0.1, -0.05) is 219 Å². The largest absolute Gasteiger partial charge is 1.00 e. The van der Waals surface area contributed by atoms with Crippen molar-refractivity contribution in [3.8, 4) is 0 Å². The number of carboxylic acids is 2. The van der Waals surface area contributed by atoms with Gasteiger partial charge in [0.1, 0.15) is 4.75 Å². The van der Waals surface area contributed by atoms with Crippen LogP contribution in [0.3, 0.4) is 0 Å². The second kappa shape index (κ2) is 38.3. The van der Waals surface area contributed by atoms with Crippen LogP contribution in [0.4, 0.5) is 0 Å². The maximum Gasteiger partial charge on any atom is 1.00 e. The molecule has 1 N–H and O–H groups in total. The molecule has 0 rings (SSSR count). The number of carboxylic acid groups (broad SMARTS) is 2. The Hall–Kier alpha value is 0.0448. The molecule has 2 unspecified atom stereocenters. The minimum absolute atomic E-state index is 0. The molecule has 0 aromatic heterocycles. The number of unbranched alkanes of at least 4 members (excludes halogenated alkanes) is 30. The van der Waals surface area contributed by atoms with E-state index in [9.17, 15) is 32.8 Å². The molecule has 0 spiro atoms. The van der Waals surface area contributed by atoms with E-state index in [0.29, 0.717) is 12.8 Å². The van der Waals surface area contributed by atoms with Crippen LogP contribution in [-0.4, -0.2) is 29.7 Å². The summed E-state index contributed by atoms with van der Waals surface area (Å²) >= 11 is 0. The first-order chi connectivity index (χ1) is 23.6. The quantitative estimate of drug-likeness (QED) is 0.0563. The molecule has 0 heterocycles. The molecule has 2 atom stereocenters. The van der Waals surface area contributed by atoms with Crippen LogP contribution in [0.2, 0.25) is 0 Å². The number of aliphatic carboxylic acids is 2. The number of rotatable bonds is 39. The van der Waals surface area contributed by atoms with Gasteiger partial charge in [-0.25, -0.2) is 0 Å². The maximum atomic E-state index is 12.6. The molecule has 0 fully saturated rings. The molecular formula is C41H78Li2O7S. The van der Waals surface area contributed by atoms with Crippen LogP contribution >= 0.6 is 0 Å². The first-order valence-corrected chi connectivity index (χ1v) is 22.5. The number of carbonyl (C=O) groups is 2. The summed E-state index contributed by atoms with van der Waals surface area (Å²) in [5, 5.41) is 24.0. The van der Waals surface area contributed by atoms with Crippen LogP contribution in [-0.2, 0) is 19.7 Å². The van der Waals surface area contributed by atoms with Crippen LogP contribution in [0.15, 0.2) is 0 Å². The van der Waals surface area contributed by atoms with Gasteiger partial charge in [0.05, 0.1) is 5.97 Å². The van der Waals surface area contributed by atoms with Gasteiger partial charge in [-0.15, -0.1) is 0 Å². The van der Waals surface area contributed by atoms with Gasteiger partial charge in [0.15, 0.2) is 0 Å². The topological polar surface area (TPSA) is 135 Å². The van der Waals surface area contributed by atoms with Crippen molar-refractivity contribution in [3.63, 3.8) is 0 Å². The summed E-state index contributed by atoms with van der Waals surface area (Å²) < 4.78 is 32.8. The Bertz CT molecular complexity index is 887. The Kier molecular flexibility index (Phi) is 41.6. The number of carbonyl (C=O) groups excluding carboxylic acids is 2. The molecule has 0 aliphatic heterocycles. The Morgan fingerprint density at radius 3 is 0.980 bits per heavy atom. The Balaban J connectivity index is -0.0000115. The van der Waals surface area contributed by atoms with Crippen molar-refractivity contribution in [2.75, 3.05) is 0 Å². The van der Waals surface area contributed by atoms with Gasteiger partial charge in [0.25, 0.3) is 10.1 Å². The van der Waals surface area contributed by atoms with Crippen molar-refractivity contribution < 1.29 is 70.5 Å². The molecule has 0 aliphatic carbocycles. The van der Waals surface area contributed by atoms with Crippen LogP contribution < -0.4 is 47.9 Å². The fourth-order valence-corrected chi connectivity index (χ4v) is 8.73. The van der Waals surface area contributed by atoms with E-state index < -0.39 is 39.1 Å². The van der Waals surface area contributed by atoms with E-state index in [-0.39, 0.29) is 57.0 Å². The standard InChI is InChI=1S/C41H80O7S.2Li/c1-3-5-7-9-11-13-15-17-19-21-23-25-27-29-31-33-35-38(37-39(42)43)41(40(44)45,49(46,47)48)36-34-32-30-28-26-24-22-20-18-16-14-12-10-8-6-4-2;;/h38H,3-37H2,1-2H3,(H,42,43)(H,44,45)(H,46,47,48);;/q;2*+1/p-2. The SMILES string of the molecule is CCCCCCCCCCCCCCCCCCC(CC(=O)[O-])C(CCCCCCCCCCCCCCCCCC)(C(=O)[O-])S(=O)(=O)O.[Li+].[Li+]. The number of hydrogen-bond acceptors (Lipinski definition) is 6. The summed E-state index contributed by atoms with van der Waals surface area (Å²) in [5.41, 5.74) is 0. The van der Waals surface area contributed by atoms with E-state index >= 15 is 0 Å². The first kappa shape index (κ1) is 55.4. The van der Waals surface area contributed by atoms with E-state index in [1.54, 1.807) is 0 Å². The normalized spacial score (nSPS) is 13.2. The van der Waals surface area contributed by atoms with E-state index in [0.717, 1.165) is 51.4 Å². The third kappa shape index (κ3) is 30.0. The van der Waals surface area contributed by atoms with Gasteiger partial charge < -0.3 is 19.8 Å². The Morgan fingerprint density at radius 1 is 0.490 bits per heavy atom. The monoisotopic (exact) mass is 729 g/mol. The average molecular weight is 729 g/mol. The Morgan fingerprint density at radius 2 is 0.745 bits per heavy atom. The zero-order chi connectivity index (χ0) is 36.5. The molecule has 0 radical (unpaired) electrons. The van der Waals surface area contributed by atoms with Crippen molar-refractivity contribution in [3.05, 3.63) is 0 Å². The minimum Gasteiger partial charge on any atom is -0.550 e. The fourth-order valence-electron chi connectivity index (χ4n) is 7.49. The van der Waals surface area contributed by atoms with Gasteiger partial charge in [0, 0.05) is 5.97 Å². The molecule has 0 aliphatic rings. The third-order valence-corrected chi connectivity index (χ3v) is 12.3. The van der Waals surface area contributed by atoms with Crippen LogP contribution in [0, 0.1) is 5.92 Å². The molecule has 0 saturated carbocycles. The summed E-state index contributed by atoms with van der Waals surface area (Å²) in [5.74, 6) is -4.71. The predicted octanol–water partition coefficient (Wildman–Crippen LogP) is 4.43. The van der Waals surface area contributed by atoms with Gasteiger partial charge in [-0.05, 0) is 25.2 Å². The molecule has 51 heavy (non-hydrogen) atoms. The minimum atomic E-state index is -5.12. The molecule has 0 amide bonds. The van der Waals surface area contributed by atoms with E-state index in [1.807, 2.05) is 0 Å². The molecule has 0 aromatic rings. The molecule has 10 heteroatoms. The van der Waals surface area contributed by atoms with Crippen molar-refractivity contribution in [2.24, 2.45) is 5.92 Å². The maximum absolute atomic E-state index is 12.6. The fraction of sp³-hybridized carbons (Fsp3) is 0.951. The second-order valence-corrected chi connectivity index (χ2v) is 16.7. The zero-order valence-corrected chi connectivity index (χ0v) is 34.9.